The summed E-state index contributed by atoms with van der Waals surface area (Å²) in [5.41, 5.74) is 0.230. The molecule has 100 valence electrons. The second kappa shape index (κ2) is 4.04. The zero-order valence-corrected chi connectivity index (χ0v) is 12.3. The molecule has 0 N–H and O–H groups in total. The third-order valence-corrected chi connectivity index (χ3v) is 4.93. The van der Waals surface area contributed by atoms with Gasteiger partial charge in [-0.2, -0.15) is 4.39 Å². The van der Waals surface area contributed by atoms with E-state index < -0.39 is 0 Å². The summed E-state index contributed by atoms with van der Waals surface area (Å²) >= 11 is 1.15. The van der Waals surface area contributed by atoms with E-state index in [0.29, 0.717) is 0 Å². The Bertz CT molecular complexity index is 619. The summed E-state index contributed by atoms with van der Waals surface area (Å²) in [6, 6.07) is 7.35. The van der Waals surface area contributed by atoms with Crippen LogP contribution < -0.4 is 5.46 Å². The van der Waals surface area contributed by atoms with Crippen LogP contribution in [0.25, 0.3) is 10.1 Å². The van der Waals surface area contributed by atoms with Crippen molar-refractivity contribution in [3.8, 4) is 0 Å². The standard InChI is InChI=1S/C14H16BFO2S/c1-13(2)14(3,4)18-15(17-13)10-6-5-9-7-12(16)19-11(9)8-10/h5-8H,1-4H3. The monoisotopic (exact) mass is 278 g/mol. The van der Waals surface area contributed by atoms with E-state index in [9.17, 15) is 4.39 Å². The Morgan fingerprint density at radius 2 is 1.68 bits per heavy atom. The predicted molar refractivity (Wildman–Crippen MR) is 77.5 cm³/mol. The van der Waals surface area contributed by atoms with Crippen LogP contribution in [0, 0.1) is 5.13 Å². The Hall–Kier alpha value is -0.905. The van der Waals surface area contributed by atoms with Crippen molar-refractivity contribution in [2.75, 3.05) is 0 Å². The van der Waals surface area contributed by atoms with E-state index in [1.165, 1.54) is 0 Å². The van der Waals surface area contributed by atoms with Gasteiger partial charge in [0.25, 0.3) is 0 Å². The normalized spacial score (nSPS) is 21.2. The summed E-state index contributed by atoms with van der Waals surface area (Å²) in [7, 11) is -0.389. The molecule has 0 atom stereocenters. The highest BCUT2D eigenvalue weighted by molar-refractivity contribution is 7.17. The van der Waals surface area contributed by atoms with Crippen LogP contribution in [0.2, 0.25) is 0 Å². The van der Waals surface area contributed by atoms with Crippen LogP contribution in [0.4, 0.5) is 4.39 Å². The van der Waals surface area contributed by atoms with Crippen LogP contribution in [0.15, 0.2) is 24.3 Å². The van der Waals surface area contributed by atoms with Crippen molar-refractivity contribution in [2.24, 2.45) is 0 Å². The fourth-order valence-corrected chi connectivity index (χ4v) is 2.98. The summed E-state index contributed by atoms with van der Waals surface area (Å²) in [5, 5.41) is 0.754. The molecule has 0 aliphatic carbocycles. The van der Waals surface area contributed by atoms with Gasteiger partial charge in [-0.1, -0.05) is 12.1 Å². The molecule has 1 fully saturated rings. The van der Waals surface area contributed by atoms with Gasteiger partial charge in [-0.15, -0.1) is 11.3 Å². The highest BCUT2D eigenvalue weighted by atomic mass is 32.1. The average molecular weight is 278 g/mol. The van der Waals surface area contributed by atoms with Crippen LogP contribution in [0.1, 0.15) is 27.7 Å². The van der Waals surface area contributed by atoms with Gasteiger partial charge in [0, 0.05) is 4.70 Å². The van der Waals surface area contributed by atoms with E-state index in [1.807, 2.05) is 45.9 Å². The molecule has 0 amide bonds. The number of benzene rings is 1. The van der Waals surface area contributed by atoms with Crippen molar-refractivity contribution in [3.05, 3.63) is 29.4 Å². The second-order valence-electron chi connectivity index (χ2n) is 5.94. The molecular formula is C14H16BFO2S. The van der Waals surface area contributed by atoms with Crippen molar-refractivity contribution in [1.82, 2.24) is 0 Å². The smallest absolute Gasteiger partial charge is 0.399 e. The predicted octanol–water partition coefficient (Wildman–Crippen LogP) is 3.34. The van der Waals surface area contributed by atoms with E-state index in [-0.39, 0.29) is 23.5 Å². The zero-order valence-electron chi connectivity index (χ0n) is 11.5. The molecule has 5 heteroatoms. The molecule has 1 aliphatic rings. The second-order valence-corrected chi connectivity index (χ2v) is 6.97. The molecule has 19 heavy (non-hydrogen) atoms. The van der Waals surface area contributed by atoms with Crippen molar-refractivity contribution in [3.63, 3.8) is 0 Å². The fraction of sp³-hybridized carbons (Fsp3) is 0.429. The zero-order chi connectivity index (χ0) is 13.8. The minimum absolute atomic E-state index is 0.166. The third kappa shape index (κ3) is 2.10. The minimum atomic E-state index is -0.389. The van der Waals surface area contributed by atoms with Gasteiger partial charge in [0.2, 0.25) is 0 Å². The molecule has 2 nitrogen and oxygen atoms in total. The first-order valence-corrected chi connectivity index (χ1v) is 7.15. The van der Waals surface area contributed by atoms with E-state index in [4.69, 9.17) is 9.31 Å². The van der Waals surface area contributed by atoms with Crippen molar-refractivity contribution in [1.29, 1.82) is 0 Å². The van der Waals surface area contributed by atoms with E-state index in [2.05, 4.69) is 0 Å². The van der Waals surface area contributed by atoms with Crippen LogP contribution in [-0.2, 0) is 9.31 Å². The lowest BCUT2D eigenvalue weighted by Gasteiger charge is -2.32. The molecule has 3 rings (SSSR count). The van der Waals surface area contributed by atoms with Gasteiger partial charge < -0.3 is 9.31 Å². The number of rotatable bonds is 1. The first-order chi connectivity index (χ1) is 8.78. The van der Waals surface area contributed by atoms with Gasteiger partial charge in [0.05, 0.1) is 11.2 Å². The number of halogens is 1. The van der Waals surface area contributed by atoms with Gasteiger partial charge in [0.15, 0.2) is 5.13 Å². The first kappa shape index (κ1) is 13.1. The van der Waals surface area contributed by atoms with Crippen LogP contribution in [0.3, 0.4) is 0 Å². The number of hydrogen-bond acceptors (Lipinski definition) is 3. The number of fused-ring (bicyclic) bond motifs is 1. The average Bonchev–Trinajstić information content (AvgIpc) is 2.74. The SMILES string of the molecule is CC1(C)OB(c2ccc3cc(F)sc3c2)OC1(C)C. The van der Waals surface area contributed by atoms with E-state index >= 15 is 0 Å². The molecule has 0 radical (unpaired) electrons. The molecular weight excluding hydrogens is 262 g/mol. The van der Waals surface area contributed by atoms with Crippen LogP contribution in [-0.4, -0.2) is 18.3 Å². The quantitative estimate of drug-likeness (QED) is 0.745. The largest absolute Gasteiger partial charge is 0.494 e. The summed E-state index contributed by atoms with van der Waals surface area (Å²) in [5.74, 6) is 0. The van der Waals surface area contributed by atoms with E-state index in [1.54, 1.807) is 6.07 Å². The van der Waals surface area contributed by atoms with Crippen molar-refractivity contribution >= 4 is 34.0 Å². The maximum Gasteiger partial charge on any atom is 0.494 e. The minimum Gasteiger partial charge on any atom is -0.399 e. The maximum atomic E-state index is 13.2. The molecule has 0 bridgehead atoms. The number of hydrogen-bond donors (Lipinski definition) is 0. The highest BCUT2D eigenvalue weighted by Gasteiger charge is 2.51. The molecule has 0 unspecified atom stereocenters. The van der Waals surface area contributed by atoms with Gasteiger partial charge in [-0.25, -0.2) is 0 Å². The summed E-state index contributed by atoms with van der Waals surface area (Å²) in [4.78, 5) is 0. The van der Waals surface area contributed by atoms with Gasteiger partial charge >= 0.3 is 7.12 Å². The lowest BCUT2D eigenvalue weighted by Crippen LogP contribution is -2.41. The Morgan fingerprint density at radius 1 is 1.05 bits per heavy atom. The van der Waals surface area contributed by atoms with Crippen LogP contribution in [0.5, 0.6) is 0 Å². The third-order valence-electron chi connectivity index (χ3n) is 4.04. The molecule has 1 aromatic carbocycles. The van der Waals surface area contributed by atoms with Crippen LogP contribution >= 0.6 is 11.3 Å². The summed E-state index contributed by atoms with van der Waals surface area (Å²) in [6.07, 6.45) is 0. The highest BCUT2D eigenvalue weighted by Crippen LogP contribution is 2.36. The lowest BCUT2D eigenvalue weighted by atomic mass is 9.79. The number of thiophene rings is 1. The molecule has 1 saturated heterocycles. The molecule has 0 saturated carbocycles. The molecule has 1 aliphatic heterocycles. The fourth-order valence-electron chi connectivity index (χ4n) is 2.14. The maximum absolute atomic E-state index is 13.2. The summed E-state index contributed by atoms with van der Waals surface area (Å²) in [6.45, 7) is 8.10. The van der Waals surface area contributed by atoms with Crippen molar-refractivity contribution in [2.45, 2.75) is 38.9 Å². The van der Waals surface area contributed by atoms with Gasteiger partial charge in [-0.3, -0.25) is 0 Å². The van der Waals surface area contributed by atoms with Gasteiger partial charge in [-0.05, 0) is 50.7 Å². The molecule has 1 aromatic heterocycles. The van der Waals surface area contributed by atoms with E-state index in [0.717, 1.165) is 26.9 Å². The molecule has 2 aromatic rings. The lowest BCUT2D eigenvalue weighted by molar-refractivity contribution is 0.00578. The summed E-state index contributed by atoms with van der Waals surface area (Å²) < 4.78 is 26.1. The van der Waals surface area contributed by atoms with Crippen molar-refractivity contribution < 1.29 is 13.7 Å². The molecule has 0 spiro atoms. The first-order valence-electron chi connectivity index (χ1n) is 6.33. The Balaban J connectivity index is 1.97. The molecule has 2 heterocycles. The van der Waals surface area contributed by atoms with Gasteiger partial charge in [0.1, 0.15) is 0 Å². The Kier molecular flexibility index (Phi) is 2.79. The Labute approximate surface area is 116 Å². The topological polar surface area (TPSA) is 18.5 Å². The Morgan fingerprint density at radius 3 is 2.32 bits per heavy atom.